The zero-order chi connectivity index (χ0) is 13.1. The van der Waals surface area contributed by atoms with Gasteiger partial charge in [0.2, 0.25) is 0 Å². The van der Waals surface area contributed by atoms with Gasteiger partial charge in [0.15, 0.2) is 5.13 Å². The number of nitrogens with zero attached hydrogens (tertiary/aromatic N) is 1. The van der Waals surface area contributed by atoms with Gasteiger partial charge in [-0.2, -0.15) is 0 Å². The average molecular weight is 282 g/mol. The first-order valence-electron chi connectivity index (χ1n) is 5.19. The Balaban J connectivity index is 2.20. The summed E-state index contributed by atoms with van der Waals surface area (Å²) < 4.78 is 0. The molecule has 94 valence electrons. The van der Waals surface area contributed by atoms with E-state index in [9.17, 15) is 9.59 Å². The van der Waals surface area contributed by atoms with Crippen LogP contribution in [0.4, 0.5) is 5.13 Å². The summed E-state index contributed by atoms with van der Waals surface area (Å²) in [7, 11) is 0. The molecule has 0 atom stereocenters. The Kier molecular flexibility index (Phi) is 3.73. The van der Waals surface area contributed by atoms with Crippen LogP contribution in [0.2, 0.25) is 0 Å². The van der Waals surface area contributed by atoms with Crippen LogP contribution in [0.1, 0.15) is 32.0 Å². The Bertz CT molecular complexity index is 575. The summed E-state index contributed by atoms with van der Waals surface area (Å²) >= 11 is 2.30. The topological polar surface area (TPSA) is 79.3 Å². The van der Waals surface area contributed by atoms with Gasteiger partial charge in [0, 0.05) is 0 Å². The van der Waals surface area contributed by atoms with Crippen molar-refractivity contribution in [3.8, 4) is 0 Å². The molecule has 0 unspecified atom stereocenters. The smallest absolute Gasteiger partial charge is 0.347 e. The summed E-state index contributed by atoms with van der Waals surface area (Å²) in [5.41, 5.74) is 0.494. The van der Waals surface area contributed by atoms with Crippen LogP contribution in [0.15, 0.2) is 17.5 Å². The van der Waals surface area contributed by atoms with E-state index in [1.165, 1.54) is 11.3 Å². The van der Waals surface area contributed by atoms with Crippen LogP contribution in [0.25, 0.3) is 0 Å². The van der Waals surface area contributed by atoms with E-state index in [4.69, 9.17) is 5.11 Å². The molecule has 2 aromatic heterocycles. The van der Waals surface area contributed by atoms with Gasteiger partial charge in [0.05, 0.1) is 10.6 Å². The number of rotatable bonds is 4. The molecule has 2 rings (SSSR count). The van der Waals surface area contributed by atoms with E-state index in [2.05, 4.69) is 10.3 Å². The standard InChI is InChI=1S/C11H10N2O3S2/c1-2-6-8(10(15)16)18-11(12-6)13-9(14)7-4-3-5-17-7/h3-5H,2H2,1H3,(H,15,16)(H,12,13,14). The lowest BCUT2D eigenvalue weighted by Gasteiger charge is -1.97. The number of carbonyl (C=O) groups excluding carboxylic acids is 1. The van der Waals surface area contributed by atoms with Crippen LogP contribution in [0.3, 0.4) is 0 Å². The Hall–Kier alpha value is -1.73. The number of aryl methyl sites for hydroxylation is 1. The molecule has 2 aromatic rings. The second kappa shape index (κ2) is 5.28. The molecule has 2 N–H and O–H groups in total. The number of carbonyl (C=O) groups is 2. The maximum Gasteiger partial charge on any atom is 0.347 e. The van der Waals surface area contributed by atoms with Gasteiger partial charge in [0.1, 0.15) is 4.88 Å². The van der Waals surface area contributed by atoms with Crippen molar-refractivity contribution in [2.24, 2.45) is 0 Å². The number of thiazole rings is 1. The summed E-state index contributed by atoms with van der Waals surface area (Å²) in [5, 5.41) is 13.7. The molecule has 0 bridgehead atoms. The summed E-state index contributed by atoms with van der Waals surface area (Å²) in [6.45, 7) is 1.83. The van der Waals surface area contributed by atoms with Crippen LogP contribution in [0.5, 0.6) is 0 Å². The van der Waals surface area contributed by atoms with Crippen molar-refractivity contribution in [2.45, 2.75) is 13.3 Å². The zero-order valence-corrected chi connectivity index (χ0v) is 11.1. The fourth-order valence-electron chi connectivity index (χ4n) is 1.38. The molecule has 0 radical (unpaired) electrons. The van der Waals surface area contributed by atoms with E-state index in [1.807, 2.05) is 6.92 Å². The molecule has 0 saturated carbocycles. The summed E-state index contributed by atoms with van der Waals surface area (Å²) in [6, 6.07) is 3.48. The van der Waals surface area contributed by atoms with E-state index < -0.39 is 5.97 Å². The van der Waals surface area contributed by atoms with Crippen molar-refractivity contribution >= 4 is 39.7 Å². The van der Waals surface area contributed by atoms with Crippen LogP contribution in [-0.2, 0) is 6.42 Å². The lowest BCUT2D eigenvalue weighted by molar-refractivity contribution is 0.0700. The van der Waals surface area contributed by atoms with E-state index in [0.717, 1.165) is 11.3 Å². The summed E-state index contributed by atoms with van der Waals surface area (Å²) in [5.74, 6) is -1.28. The molecule has 5 nitrogen and oxygen atoms in total. The molecule has 0 saturated heterocycles. The monoisotopic (exact) mass is 282 g/mol. The number of aromatic carboxylic acids is 1. The maximum absolute atomic E-state index is 11.8. The number of hydrogen-bond acceptors (Lipinski definition) is 5. The van der Waals surface area contributed by atoms with Gasteiger partial charge < -0.3 is 5.11 Å². The highest BCUT2D eigenvalue weighted by molar-refractivity contribution is 7.18. The Morgan fingerprint density at radius 3 is 2.78 bits per heavy atom. The Morgan fingerprint density at radius 2 is 2.28 bits per heavy atom. The Morgan fingerprint density at radius 1 is 1.50 bits per heavy atom. The first kappa shape index (κ1) is 12.7. The van der Waals surface area contributed by atoms with Crippen molar-refractivity contribution < 1.29 is 14.7 Å². The first-order valence-corrected chi connectivity index (χ1v) is 6.89. The molecular weight excluding hydrogens is 272 g/mol. The fraction of sp³-hybridized carbons (Fsp3) is 0.182. The number of hydrogen-bond donors (Lipinski definition) is 2. The molecule has 1 amide bonds. The van der Waals surface area contributed by atoms with Gasteiger partial charge in [-0.05, 0) is 17.9 Å². The number of nitrogens with one attached hydrogen (secondary N) is 1. The number of carboxylic acid groups (broad SMARTS) is 1. The Labute approximate surface area is 111 Å². The van der Waals surface area contributed by atoms with Crippen molar-refractivity contribution in [2.75, 3.05) is 5.32 Å². The predicted molar refractivity (Wildman–Crippen MR) is 70.7 cm³/mol. The predicted octanol–water partition coefficient (Wildman–Crippen LogP) is 2.72. The normalized spacial score (nSPS) is 10.3. The van der Waals surface area contributed by atoms with Gasteiger partial charge in [-0.15, -0.1) is 11.3 Å². The third kappa shape index (κ3) is 2.57. The van der Waals surface area contributed by atoms with Crippen molar-refractivity contribution in [3.63, 3.8) is 0 Å². The lowest BCUT2D eigenvalue weighted by Crippen LogP contribution is -2.09. The highest BCUT2D eigenvalue weighted by Crippen LogP contribution is 2.24. The van der Waals surface area contributed by atoms with Gasteiger partial charge >= 0.3 is 5.97 Å². The minimum Gasteiger partial charge on any atom is -0.477 e. The van der Waals surface area contributed by atoms with Gasteiger partial charge in [-0.1, -0.05) is 24.3 Å². The second-order valence-corrected chi connectivity index (χ2v) is 5.33. The molecular formula is C11H10N2O3S2. The number of carboxylic acids is 1. The van der Waals surface area contributed by atoms with E-state index in [-0.39, 0.29) is 10.8 Å². The molecule has 18 heavy (non-hydrogen) atoms. The van der Waals surface area contributed by atoms with Crippen LogP contribution in [0, 0.1) is 0 Å². The fourth-order valence-corrected chi connectivity index (χ4v) is 2.89. The van der Waals surface area contributed by atoms with Crippen LogP contribution >= 0.6 is 22.7 Å². The molecule has 0 aliphatic carbocycles. The summed E-state index contributed by atoms with van der Waals surface area (Å²) in [4.78, 5) is 27.6. The zero-order valence-electron chi connectivity index (χ0n) is 9.47. The van der Waals surface area contributed by atoms with Gasteiger partial charge in [-0.3, -0.25) is 10.1 Å². The second-order valence-electron chi connectivity index (χ2n) is 3.38. The SMILES string of the molecule is CCc1nc(NC(=O)c2cccs2)sc1C(=O)O. The largest absolute Gasteiger partial charge is 0.477 e. The molecule has 0 spiro atoms. The van der Waals surface area contributed by atoms with Crippen molar-refractivity contribution in [3.05, 3.63) is 33.0 Å². The molecule has 0 fully saturated rings. The third-order valence-electron chi connectivity index (χ3n) is 2.19. The van der Waals surface area contributed by atoms with E-state index in [0.29, 0.717) is 22.1 Å². The van der Waals surface area contributed by atoms with E-state index >= 15 is 0 Å². The number of anilines is 1. The summed E-state index contributed by atoms with van der Waals surface area (Å²) in [6.07, 6.45) is 0.521. The quantitative estimate of drug-likeness (QED) is 0.903. The molecule has 0 aliphatic heterocycles. The minimum atomic E-state index is -1.01. The molecule has 0 aliphatic rings. The highest BCUT2D eigenvalue weighted by Gasteiger charge is 2.17. The van der Waals surface area contributed by atoms with Crippen molar-refractivity contribution in [1.29, 1.82) is 0 Å². The van der Waals surface area contributed by atoms with E-state index in [1.54, 1.807) is 17.5 Å². The minimum absolute atomic E-state index is 0.180. The third-order valence-corrected chi connectivity index (χ3v) is 4.06. The maximum atomic E-state index is 11.8. The number of aromatic nitrogens is 1. The van der Waals surface area contributed by atoms with Crippen LogP contribution in [-0.4, -0.2) is 22.0 Å². The number of amides is 1. The molecule has 0 aromatic carbocycles. The van der Waals surface area contributed by atoms with Gasteiger partial charge in [-0.25, -0.2) is 9.78 Å². The molecule has 2 heterocycles. The van der Waals surface area contributed by atoms with Crippen LogP contribution < -0.4 is 5.32 Å². The average Bonchev–Trinajstić information content (AvgIpc) is 2.97. The highest BCUT2D eigenvalue weighted by atomic mass is 32.1. The first-order chi connectivity index (χ1) is 8.61. The molecule has 7 heteroatoms. The number of thiophene rings is 1. The lowest BCUT2D eigenvalue weighted by atomic mass is 10.3. The van der Waals surface area contributed by atoms with Gasteiger partial charge in [0.25, 0.3) is 5.91 Å². The van der Waals surface area contributed by atoms with Crippen molar-refractivity contribution in [1.82, 2.24) is 4.98 Å².